The van der Waals surface area contributed by atoms with Crippen molar-refractivity contribution in [3.63, 3.8) is 0 Å². The zero-order valence-corrected chi connectivity index (χ0v) is 14.9. The van der Waals surface area contributed by atoms with Crippen LogP contribution in [0.15, 0.2) is 43.1 Å². The van der Waals surface area contributed by atoms with E-state index in [9.17, 15) is 0 Å². The minimum atomic E-state index is 0.480. The molecule has 0 aliphatic heterocycles. The molecule has 4 heterocycles. The van der Waals surface area contributed by atoms with Gasteiger partial charge in [0.15, 0.2) is 5.65 Å². The Morgan fingerprint density at radius 2 is 2.22 bits per heavy atom. The average molecular weight is 361 g/mol. The smallest absolute Gasteiger partial charge is 0.221 e. The molecule has 0 amide bonds. The first-order valence-electron chi connectivity index (χ1n) is 8.70. The number of pyridine rings is 1. The van der Waals surface area contributed by atoms with Crippen LogP contribution in [0.25, 0.3) is 22.5 Å². The minimum absolute atomic E-state index is 0.480. The van der Waals surface area contributed by atoms with E-state index >= 15 is 0 Å². The highest BCUT2D eigenvalue weighted by atomic mass is 15.4. The van der Waals surface area contributed by atoms with E-state index in [-0.39, 0.29) is 0 Å². The normalized spacial score (nSPS) is 12.0. The summed E-state index contributed by atoms with van der Waals surface area (Å²) in [5.74, 6) is 0. The molecule has 27 heavy (non-hydrogen) atoms. The van der Waals surface area contributed by atoms with E-state index < -0.39 is 0 Å². The van der Waals surface area contributed by atoms with E-state index in [1.807, 2.05) is 28.9 Å². The first-order valence-corrected chi connectivity index (χ1v) is 8.70. The van der Waals surface area contributed by atoms with Crippen LogP contribution in [0.4, 0.5) is 0 Å². The zero-order chi connectivity index (χ0) is 18.6. The molecular formula is C18H19N9. The van der Waals surface area contributed by atoms with Crippen LogP contribution >= 0.6 is 0 Å². The van der Waals surface area contributed by atoms with Crippen LogP contribution in [0.1, 0.15) is 24.6 Å². The number of rotatable bonds is 7. The lowest BCUT2D eigenvalue weighted by atomic mass is 10.2. The number of nitrogens with one attached hydrogen (secondary N) is 2. The fraction of sp³-hybridized carbons (Fsp3) is 0.222. The lowest BCUT2D eigenvalue weighted by Gasteiger charge is -2.05. The van der Waals surface area contributed by atoms with Gasteiger partial charge in [-0.3, -0.25) is 0 Å². The van der Waals surface area contributed by atoms with Gasteiger partial charge in [0.1, 0.15) is 5.65 Å². The van der Waals surface area contributed by atoms with Gasteiger partial charge in [-0.05, 0) is 18.1 Å². The van der Waals surface area contributed by atoms with E-state index in [1.165, 1.54) is 6.21 Å². The van der Waals surface area contributed by atoms with Crippen LogP contribution in [0, 0.1) is 5.41 Å². The highest BCUT2D eigenvalue weighted by Gasteiger charge is 2.11. The molecular weight excluding hydrogens is 342 g/mol. The minimum Gasteiger partial charge on any atom is -0.390 e. The lowest BCUT2D eigenvalue weighted by molar-refractivity contribution is 0.661. The molecule has 9 heteroatoms. The molecule has 0 atom stereocenters. The van der Waals surface area contributed by atoms with Gasteiger partial charge in [-0.15, -0.1) is 5.10 Å². The topological polar surface area (TPSA) is 110 Å². The Kier molecular flexibility index (Phi) is 4.56. The number of fused-ring (bicyclic) bond motifs is 2. The number of nitrogens with zero attached hydrogens (tertiary/aromatic N) is 7. The van der Waals surface area contributed by atoms with Crippen molar-refractivity contribution in [1.29, 1.82) is 5.41 Å². The van der Waals surface area contributed by atoms with Crippen molar-refractivity contribution >= 4 is 28.7 Å². The molecule has 9 nitrogen and oxygen atoms in total. The zero-order valence-electron chi connectivity index (χ0n) is 14.9. The molecule has 0 fully saturated rings. The Balaban J connectivity index is 1.67. The molecule has 0 bridgehead atoms. The SMILES string of the molecule is CCCN/C=C(\C=N)c1cnc2nnn(Cc3ccc4nccn4c3)c2n1. The summed E-state index contributed by atoms with van der Waals surface area (Å²) in [6.45, 7) is 3.44. The van der Waals surface area contributed by atoms with Gasteiger partial charge < -0.3 is 15.1 Å². The summed E-state index contributed by atoms with van der Waals surface area (Å²) >= 11 is 0. The second-order valence-electron chi connectivity index (χ2n) is 6.08. The fourth-order valence-corrected chi connectivity index (χ4v) is 2.75. The van der Waals surface area contributed by atoms with Crippen molar-refractivity contribution in [2.45, 2.75) is 19.9 Å². The van der Waals surface area contributed by atoms with Crippen molar-refractivity contribution in [3.8, 4) is 0 Å². The summed E-state index contributed by atoms with van der Waals surface area (Å²) in [5, 5.41) is 19.1. The Labute approximate surface area is 155 Å². The van der Waals surface area contributed by atoms with Crippen LogP contribution in [0.3, 0.4) is 0 Å². The van der Waals surface area contributed by atoms with Crippen LogP contribution in [-0.4, -0.2) is 47.1 Å². The molecule has 0 aromatic carbocycles. The second-order valence-corrected chi connectivity index (χ2v) is 6.08. The van der Waals surface area contributed by atoms with E-state index in [2.05, 4.69) is 37.5 Å². The standard InChI is InChI=1S/C18H19N9/c1-2-5-20-9-14(8-19)15-10-22-17-18(23-15)27(25-24-17)12-13-3-4-16-21-6-7-26(16)11-13/h3-4,6-11,19-20H,2,5,12H2,1H3/b14-9+,19-8?. The molecule has 136 valence electrons. The third-order valence-electron chi connectivity index (χ3n) is 4.11. The third kappa shape index (κ3) is 3.39. The van der Waals surface area contributed by atoms with E-state index in [0.717, 1.165) is 24.2 Å². The maximum Gasteiger partial charge on any atom is 0.221 e. The third-order valence-corrected chi connectivity index (χ3v) is 4.11. The quantitative estimate of drug-likeness (QED) is 0.384. The highest BCUT2D eigenvalue weighted by Crippen LogP contribution is 2.14. The number of allylic oxidation sites excluding steroid dienone is 1. The molecule has 4 rings (SSSR count). The number of aromatic nitrogens is 7. The highest BCUT2D eigenvalue weighted by molar-refractivity contribution is 6.07. The second kappa shape index (κ2) is 7.32. The number of hydrogen-bond acceptors (Lipinski definition) is 7. The van der Waals surface area contributed by atoms with E-state index in [4.69, 9.17) is 5.41 Å². The van der Waals surface area contributed by atoms with E-state index in [1.54, 1.807) is 23.3 Å². The predicted molar refractivity (Wildman–Crippen MR) is 102 cm³/mol. The van der Waals surface area contributed by atoms with Crippen molar-refractivity contribution in [3.05, 3.63) is 54.4 Å². The van der Waals surface area contributed by atoms with Crippen molar-refractivity contribution in [2.75, 3.05) is 6.54 Å². The fourth-order valence-electron chi connectivity index (χ4n) is 2.75. The van der Waals surface area contributed by atoms with Gasteiger partial charge >= 0.3 is 0 Å². The summed E-state index contributed by atoms with van der Waals surface area (Å²) < 4.78 is 3.67. The van der Waals surface area contributed by atoms with Crippen LogP contribution in [0.5, 0.6) is 0 Å². The molecule has 0 spiro atoms. The van der Waals surface area contributed by atoms with Gasteiger partial charge in [0.05, 0.1) is 18.4 Å². The largest absolute Gasteiger partial charge is 0.390 e. The lowest BCUT2D eigenvalue weighted by Crippen LogP contribution is -2.08. The molecule has 0 saturated carbocycles. The van der Waals surface area contributed by atoms with Gasteiger partial charge in [-0.1, -0.05) is 18.2 Å². The molecule has 4 aromatic rings. The summed E-state index contributed by atoms with van der Waals surface area (Å²) in [6, 6.07) is 3.96. The monoisotopic (exact) mass is 361 g/mol. The van der Waals surface area contributed by atoms with E-state index in [0.29, 0.717) is 29.1 Å². The maximum absolute atomic E-state index is 7.65. The van der Waals surface area contributed by atoms with Crippen molar-refractivity contribution in [2.24, 2.45) is 0 Å². The Morgan fingerprint density at radius 3 is 3.07 bits per heavy atom. The van der Waals surface area contributed by atoms with Gasteiger partial charge in [0, 0.05) is 43.1 Å². The summed E-state index contributed by atoms with van der Waals surface area (Å²) in [7, 11) is 0. The predicted octanol–water partition coefficient (Wildman–Crippen LogP) is 1.91. The molecule has 2 N–H and O–H groups in total. The van der Waals surface area contributed by atoms with Crippen molar-refractivity contribution < 1.29 is 0 Å². The first kappa shape index (κ1) is 16.8. The summed E-state index contributed by atoms with van der Waals surface area (Å²) in [6.07, 6.45) is 11.3. The van der Waals surface area contributed by atoms with Crippen LogP contribution in [0.2, 0.25) is 0 Å². The van der Waals surface area contributed by atoms with Crippen molar-refractivity contribution in [1.82, 2.24) is 39.7 Å². The molecule has 0 unspecified atom stereocenters. The maximum atomic E-state index is 7.65. The Bertz CT molecular complexity index is 1120. The van der Waals surface area contributed by atoms with Gasteiger partial charge in [0.2, 0.25) is 5.65 Å². The van der Waals surface area contributed by atoms with Gasteiger partial charge in [-0.25, -0.2) is 19.6 Å². The molecule has 4 aromatic heterocycles. The van der Waals surface area contributed by atoms with Gasteiger partial charge in [0.25, 0.3) is 0 Å². The van der Waals surface area contributed by atoms with Crippen LogP contribution in [-0.2, 0) is 6.54 Å². The average Bonchev–Trinajstić information content (AvgIpc) is 3.32. The number of hydrogen-bond donors (Lipinski definition) is 2. The Morgan fingerprint density at radius 1 is 1.30 bits per heavy atom. The molecule has 0 radical (unpaired) electrons. The van der Waals surface area contributed by atoms with Crippen LogP contribution < -0.4 is 5.32 Å². The Hall–Kier alpha value is -3.62. The summed E-state index contributed by atoms with van der Waals surface area (Å²) in [5.41, 5.74) is 4.27. The van der Waals surface area contributed by atoms with Gasteiger partial charge in [-0.2, -0.15) is 0 Å². The molecule has 0 aliphatic carbocycles. The first-order chi connectivity index (χ1) is 13.3. The molecule has 0 saturated heterocycles. The molecule has 0 aliphatic rings. The summed E-state index contributed by atoms with van der Waals surface area (Å²) in [4.78, 5) is 13.2. The number of imidazole rings is 1.